The van der Waals surface area contributed by atoms with E-state index < -0.39 is 0 Å². The Morgan fingerprint density at radius 3 is 2.22 bits per heavy atom. The van der Waals surface area contributed by atoms with E-state index in [0.29, 0.717) is 12.0 Å². The number of rotatable bonds is 4. The largest absolute Gasteiger partial charge is 0.299 e. The number of hydrogen-bond donors (Lipinski definition) is 1. The van der Waals surface area contributed by atoms with Crippen LogP contribution < -0.4 is 5.48 Å². The van der Waals surface area contributed by atoms with Crippen LogP contribution in [0.15, 0.2) is 0 Å². The number of nitrogens with one attached hydrogen (secondary N) is 1. The van der Waals surface area contributed by atoms with Crippen molar-refractivity contribution in [3.05, 3.63) is 0 Å². The van der Waals surface area contributed by atoms with E-state index in [0.717, 1.165) is 6.42 Å². The maximum absolute atomic E-state index is 5.10. The first-order chi connectivity index (χ1) is 4.16. The van der Waals surface area contributed by atoms with E-state index in [-0.39, 0.29) is 0 Å². The van der Waals surface area contributed by atoms with Gasteiger partial charge in [-0.15, -0.1) is 0 Å². The van der Waals surface area contributed by atoms with Crippen LogP contribution in [0.2, 0.25) is 0 Å². The fourth-order valence-corrected chi connectivity index (χ4v) is 0.913. The van der Waals surface area contributed by atoms with E-state index in [2.05, 4.69) is 26.3 Å². The molecule has 1 N–H and O–H groups in total. The minimum Gasteiger partial charge on any atom is -0.299 e. The topological polar surface area (TPSA) is 21.3 Å². The van der Waals surface area contributed by atoms with Crippen molar-refractivity contribution in [1.29, 1.82) is 0 Å². The van der Waals surface area contributed by atoms with Crippen LogP contribution in [-0.4, -0.2) is 13.2 Å². The molecule has 0 saturated carbocycles. The van der Waals surface area contributed by atoms with Crippen molar-refractivity contribution in [1.82, 2.24) is 5.48 Å². The fraction of sp³-hybridized carbons (Fsp3) is 1.00. The highest BCUT2D eigenvalue weighted by Crippen LogP contribution is 2.05. The fourth-order valence-electron chi connectivity index (χ4n) is 0.913. The van der Waals surface area contributed by atoms with Crippen LogP contribution >= 0.6 is 0 Å². The van der Waals surface area contributed by atoms with Gasteiger partial charge >= 0.3 is 0 Å². The van der Waals surface area contributed by atoms with Crippen LogP contribution in [0.4, 0.5) is 0 Å². The summed E-state index contributed by atoms with van der Waals surface area (Å²) in [7, 11) is 1.79. The molecule has 0 rings (SSSR count). The van der Waals surface area contributed by atoms with Crippen LogP contribution in [-0.2, 0) is 4.84 Å². The molecule has 0 amide bonds. The van der Waals surface area contributed by atoms with Crippen molar-refractivity contribution >= 4 is 0 Å². The molecular weight excluding hydrogens is 114 g/mol. The Morgan fingerprint density at radius 1 is 1.33 bits per heavy atom. The summed E-state index contributed by atoms with van der Waals surface area (Å²) in [5.41, 5.74) is 2.67. The maximum atomic E-state index is 5.10. The van der Waals surface area contributed by atoms with Gasteiger partial charge in [0.2, 0.25) is 0 Å². The number of hydroxylamine groups is 1. The first-order valence-electron chi connectivity index (χ1n) is 3.49. The highest BCUT2D eigenvalue weighted by molar-refractivity contribution is 4.51. The summed E-state index contributed by atoms with van der Waals surface area (Å²) >= 11 is 0. The van der Waals surface area contributed by atoms with E-state index in [1.165, 1.54) is 0 Å². The Labute approximate surface area is 57.5 Å². The molecule has 0 radical (unpaired) electrons. The highest BCUT2D eigenvalue weighted by Gasteiger charge is 2.02. The smallest absolute Gasteiger partial charge is 0.0764 e. The lowest BCUT2D eigenvalue weighted by molar-refractivity contribution is -0.0113. The van der Waals surface area contributed by atoms with E-state index in [1.807, 2.05) is 0 Å². The maximum Gasteiger partial charge on any atom is 0.0764 e. The Kier molecular flexibility index (Phi) is 4.72. The molecule has 0 fully saturated rings. The summed E-state index contributed by atoms with van der Waals surface area (Å²) in [6.07, 6.45) is 1.44. The molecule has 0 aromatic rings. The van der Waals surface area contributed by atoms with E-state index in [1.54, 1.807) is 7.05 Å². The Morgan fingerprint density at radius 2 is 1.89 bits per heavy atom. The average Bonchev–Trinajstić information content (AvgIpc) is 1.63. The molecule has 0 bridgehead atoms. The summed E-state index contributed by atoms with van der Waals surface area (Å²) in [5.74, 6) is 0.716. The Hall–Kier alpha value is -0.0800. The summed E-state index contributed by atoms with van der Waals surface area (Å²) in [6, 6.07) is 0. The van der Waals surface area contributed by atoms with Crippen molar-refractivity contribution in [3.63, 3.8) is 0 Å². The predicted octanol–water partition coefficient (Wildman–Crippen LogP) is 1.57. The quantitative estimate of drug-likeness (QED) is 0.585. The van der Waals surface area contributed by atoms with Gasteiger partial charge in [0.15, 0.2) is 0 Å². The SMILES string of the molecule is CNOC(C)CC(C)C. The zero-order valence-electron chi connectivity index (χ0n) is 6.77. The predicted molar refractivity (Wildman–Crippen MR) is 39.1 cm³/mol. The van der Waals surface area contributed by atoms with Gasteiger partial charge in [-0.25, -0.2) is 5.48 Å². The normalized spacial score (nSPS) is 14.3. The molecule has 0 heterocycles. The summed E-state index contributed by atoms with van der Waals surface area (Å²) < 4.78 is 0. The molecule has 0 aromatic carbocycles. The Bertz CT molecular complexity index is 63.9. The standard InChI is InChI=1S/C7H17NO/c1-6(2)5-7(3)9-8-4/h6-8H,5H2,1-4H3. The van der Waals surface area contributed by atoms with Gasteiger partial charge in [0.05, 0.1) is 6.10 Å². The molecule has 2 nitrogen and oxygen atoms in total. The van der Waals surface area contributed by atoms with Gasteiger partial charge in [0.1, 0.15) is 0 Å². The molecule has 0 aliphatic carbocycles. The van der Waals surface area contributed by atoms with Crippen LogP contribution in [0.5, 0.6) is 0 Å². The molecule has 1 atom stereocenters. The molecule has 9 heavy (non-hydrogen) atoms. The van der Waals surface area contributed by atoms with Crippen LogP contribution in [0.3, 0.4) is 0 Å². The Balaban J connectivity index is 3.15. The van der Waals surface area contributed by atoms with Crippen molar-refractivity contribution in [2.75, 3.05) is 7.05 Å². The third kappa shape index (κ3) is 5.80. The lowest BCUT2D eigenvalue weighted by atomic mass is 10.1. The zero-order chi connectivity index (χ0) is 7.28. The van der Waals surface area contributed by atoms with Crippen LogP contribution in [0.25, 0.3) is 0 Å². The summed E-state index contributed by atoms with van der Waals surface area (Å²) in [6.45, 7) is 6.45. The molecule has 0 aromatic heterocycles. The van der Waals surface area contributed by atoms with E-state index in [9.17, 15) is 0 Å². The summed E-state index contributed by atoms with van der Waals surface area (Å²) in [5, 5.41) is 0. The van der Waals surface area contributed by atoms with Crippen molar-refractivity contribution in [2.24, 2.45) is 5.92 Å². The van der Waals surface area contributed by atoms with Gasteiger partial charge in [-0.2, -0.15) is 0 Å². The van der Waals surface area contributed by atoms with Gasteiger partial charge in [-0.3, -0.25) is 4.84 Å². The molecule has 1 unspecified atom stereocenters. The number of hydrogen-bond acceptors (Lipinski definition) is 2. The molecule has 2 heteroatoms. The first kappa shape index (κ1) is 8.92. The van der Waals surface area contributed by atoms with Gasteiger partial charge in [-0.1, -0.05) is 13.8 Å². The molecule has 0 saturated heterocycles. The molecule has 0 aliphatic rings. The van der Waals surface area contributed by atoms with Gasteiger partial charge < -0.3 is 0 Å². The third-order valence-corrected chi connectivity index (χ3v) is 1.12. The average molecular weight is 131 g/mol. The minimum absolute atomic E-state index is 0.329. The molecular formula is C7H17NO. The molecule has 0 spiro atoms. The minimum atomic E-state index is 0.329. The third-order valence-electron chi connectivity index (χ3n) is 1.12. The molecule has 0 aliphatic heterocycles. The first-order valence-corrected chi connectivity index (χ1v) is 3.49. The van der Waals surface area contributed by atoms with Crippen LogP contribution in [0.1, 0.15) is 27.2 Å². The van der Waals surface area contributed by atoms with Gasteiger partial charge in [-0.05, 0) is 19.3 Å². The highest BCUT2D eigenvalue weighted by atomic mass is 16.7. The molecule has 56 valence electrons. The van der Waals surface area contributed by atoms with Gasteiger partial charge in [0, 0.05) is 7.05 Å². The van der Waals surface area contributed by atoms with Crippen LogP contribution in [0, 0.1) is 5.92 Å². The van der Waals surface area contributed by atoms with E-state index >= 15 is 0 Å². The van der Waals surface area contributed by atoms with Crippen molar-refractivity contribution in [3.8, 4) is 0 Å². The lowest BCUT2D eigenvalue weighted by Crippen LogP contribution is -2.19. The second-order valence-electron chi connectivity index (χ2n) is 2.76. The van der Waals surface area contributed by atoms with Crippen molar-refractivity contribution < 1.29 is 4.84 Å². The summed E-state index contributed by atoms with van der Waals surface area (Å²) in [4.78, 5) is 5.10. The second kappa shape index (κ2) is 4.77. The van der Waals surface area contributed by atoms with Crippen molar-refractivity contribution in [2.45, 2.75) is 33.3 Å². The zero-order valence-corrected chi connectivity index (χ0v) is 6.77. The lowest BCUT2D eigenvalue weighted by Gasteiger charge is -2.12. The van der Waals surface area contributed by atoms with E-state index in [4.69, 9.17) is 4.84 Å². The second-order valence-corrected chi connectivity index (χ2v) is 2.76. The van der Waals surface area contributed by atoms with Gasteiger partial charge in [0.25, 0.3) is 0 Å². The monoisotopic (exact) mass is 131 g/mol.